The number of nitrogens with one attached hydrogen (secondary N) is 1. The van der Waals surface area contributed by atoms with Crippen LogP contribution in [0.15, 0.2) is 54.6 Å². The largest absolute Gasteiger partial charge is 0.482 e. The van der Waals surface area contributed by atoms with Gasteiger partial charge in [0.05, 0.1) is 17.1 Å². The molecule has 0 unspecified atom stereocenters. The van der Waals surface area contributed by atoms with E-state index in [9.17, 15) is 9.59 Å². The van der Waals surface area contributed by atoms with E-state index in [0.717, 1.165) is 16.8 Å². The topological polar surface area (TPSA) is 82.5 Å². The second-order valence-electron chi connectivity index (χ2n) is 6.97. The maximum Gasteiger partial charge on any atom is 0.344 e. The number of carbonyl (C=O) groups is 2. The molecule has 0 aliphatic rings. The summed E-state index contributed by atoms with van der Waals surface area (Å²) in [6.07, 6.45) is -0.958. The van der Waals surface area contributed by atoms with Crippen LogP contribution in [-0.4, -0.2) is 34.4 Å². The summed E-state index contributed by atoms with van der Waals surface area (Å²) in [4.78, 5) is 24.4. The van der Waals surface area contributed by atoms with Crippen LogP contribution < -0.4 is 10.1 Å². The van der Waals surface area contributed by atoms with Crippen LogP contribution in [0.25, 0.3) is 11.1 Å². The summed E-state index contributed by atoms with van der Waals surface area (Å²) in [6.45, 7) is 4.88. The van der Waals surface area contributed by atoms with E-state index < -0.39 is 18.0 Å². The van der Waals surface area contributed by atoms with E-state index in [2.05, 4.69) is 10.4 Å². The maximum absolute atomic E-state index is 12.3. The monoisotopic (exact) mass is 407 g/mol. The third kappa shape index (κ3) is 5.05. The lowest BCUT2D eigenvalue weighted by Gasteiger charge is -2.14. The normalized spacial score (nSPS) is 11.6. The second-order valence-corrected chi connectivity index (χ2v) is 6.97. The third-order valence-electron chi connectivity index (χ3n) is 4.75. The quantitative estimate of drug-likeness (QED) is 0.605. The molecule has 1 N–H and O–H groups in total. The van der Waals surface area contributed by atoms with E-state index in [0.29, 0.717) is 17.1 Å². The van der Waals surface area contributed by atoms with Gasteiger partial charge in [-0.1, -0.05) is 42.5 Å². The molecule has 0 aliphatic heterocycles. The SMILES string of the molecule is Cc1nn(C)c(C)c1NC(=O)[C@H](C)OC(=O)COc1ccc(-c2ccccc2)cc1. The van der Waals surface area contributed by atoms with Gasteiger partial charge in [0.1, 0.15) is 5.75 Å². The minimum Gasteiger partial charge on any atom is -0.482 e. The maximum atomic E-state index is 12.3. The van der Waals surface area contributed by atoms with Crippen LogP contribution in [0, 0.1) is 13.8 Å². The first-order valence-corrected chi connectivity index (χ1v) is 9.64. The Morgan fingerprint density at radius 3 is 2.27 bits per heavy atom. The van der Waals surface area contributed by atoms with Gasteiger partial charge in [0.15, 0.2) is 12.7 Å². The Labute approximate surface area is 175 Å². The van der Waals surface area contributed by atoms with Gasteiger partial charge in [-0.15, -0.1) is 0 Å². The molecule has 2 aromatic carbocycles. The van der Waals surface area contributed by atoms with Crippen LogP contribution in [0.1, 0.15) is 18.3 Å². The van der Waals surface area contributed by atoms with Crippen molar-refractivity contribution in [2.24, 2.45) is 7.05 Å². The van der Waals surface area contributed by atoms with Crippen LogP contribution in [0.5, 0.6) is 5.75 Å². The molecule has 0 spiro atoms. The number of carbonyl (C=O) groups excluding carboxylic acids is 2. The number of aromatic nitrogens is 2. The Balaban J connectivity index is 1.49. The molecule has 30 heavy (non-hydrogen) atoms. The van der Waals surface area contributed by atoms with Gasteiger partial charge in [0.25, 0.3) is 5.91 Å². The van der Waals surface area contributed by atoms with Gasteiger partial charge in [-0.3, -0.25) is 9.48 Å². The van der Waals surface area contributed by atoms with Crippen molar-refractivity contribution in [3.63, 3.8) is 0 Å². The summed E-state index contributed by atoms with van der Waals surface area (Å²) in [5, 5.41) is 7.01. The minimum absolute atomic E-state index is 0.284. The highest BCUT2D eigenvalue weighted by Crippen LogP contribution is 2.22. The first-order valence-electron chi connectivity index (χ1n) is 9.64. The van der Waals surface area contributed by atoms with E-state index in [-0.39, 0.29) is 6.61 Å². The number of nitrogens with zero attached hydrogens (tertiary/aromatic N) is 2. The minimum atomic E-state index is -0.958. The molecule has 0 fully saturated rings. The molecule has 1 atom stereocenters. The molecule has 1 aromatic heterocycles. The summed E-state index contributed by atoms with van der Waals surface area (Å²) < 4.78 is 12.3. The Bertz CT molecular complexity index is 1030. The fraction of sp³-hybridized carbons (Fsp3) is 0.261. The van der Waals surface area contributed by atoms with Crippen molar-refractivity contribution < 1.29 is 19.1 Å². The number of benzene rings is 2. The number of anilines is 1. The highest BCUT2D eigenvalue weighted by molar-refractivity contribution is 5.96. The average Bonchev–Trinajstić information content (AvgIpc) is 2.99. The fourth-order valence-electron chi connectivity index (χ4n) is 2.98. The molecule has 7 nitrogen and oxygen atoms in total. The van der Waals surface area contributed by atoms with Crippen molar-refractivity contribution >= 4 is 17.6 Å². The number of rotatable bonds is 7. The van der Waals surface area contributed by atoms with E-state index in [1.54, 1.807) is 30.8 Å². The summed E-state index contributed by atoms with van der Waals surface area (Å²) in [7, 11) is 1.80. The molecular formula is C23H25N3O4. The van der Waals surface area contributed by atoms with Gasteiger partial charge in [-0.25, -0.2) is 4.79 Å². The molecule has 0 saturated heterocycles. The van der Waals surface area contributed by atoms with Crippen LogP contribution in [0.2, 0.25) is 0 Å². The van der Waals surface area contributed by atoms with Gasteiger partial charge in [0.2, 0.25) is 0 Å². The zero-order chi connectivity index (χ0) is 21.7. The van der Waals surface area contributed by atoms with Gasteiger partial charge in [-0.05, 0) is 44.0 Å². The zero-order valence-corrected chi connectivity index (χ0v) is 17.5. The average molecular weight is 407 g/mol. The molecule has 0 radical (unpaired) electrons. The smallest absolute Gasteiger partial charge is 0.344 e. The van der Waals surface area contributed by atoms with Gasteiger partial charge >= 0.3 is 5.97 Å². The van der Waals surface area contributed by atoms with Crippen molar-refractivity contribution in [2.75, 3.05) is 11.9 Å². The molecule has 0 saturated carbocycles. The van der Waals surface area contributed by atoms with Crippen molar-refractivity contribution in [3.8, 4) is 16.9 Å². The molecule has 7 heteroatoms. The number of aryl methyl sites for hydroxylation is 2. The molecule has 3 rings (SSSR count). The molecule has 1 heterocycles. The Morgan fingerprint density at radius 2 is 1.67 bits per heavy atom. The highest BCUT2D eigenvalue weighted by Gasteiger charge is 2.21. The van der Waals surface area contributed by atoms with E-state index >= 15 is 0 Å². The van der Waals surface area contributed by atoms with Gasteiger partial charge < -0.3 is 14.8 Å². The number of hydrogen-bond donors (Lipinski definition) is 1. The Morgan fingerprint density at radius 1 is 1.03 bits per heavy atom. The predicted molar refractivity (Wildman–Crippen MR) is 114 cm³/mol. The van der Waals surface area contributed by atoms with Crippen molar-refractivity contribution in [1.82, 2.24) is 9.78 Å². The fourth-order valence-corrected chi connectivity index (χ4v) is 2.98. The van der Waals surface area contributed by atoms with E-state index in [1.165, 1.54) is 6.92 Å². The standard InChI is InChI=1S/C23H25N3O4/c1-15-22(16(2)26(4)25-15)24-23(28)17(3)30-21(27)14-29-20-12-10-19(11-13-20)18-8-6-5-7-9-18/h5-13,17H,14H2,1-4H3,(H,24,28)/t17-/m0/s1. The molecule has 0 bridgehead atoms. The second kappa shape index (κ2) is 9.26. The first-order chi connectivity index (χ1) is 14.3. The number of ether oxygens (including phenoxy) is 2. The molecule has 3 aromatic rings. The number of esters is 1. The van der Waals surface area contributed by atoms with Crippen LogP contribution >= 0.6 is 0 Å². The molecule has 1 amide bonds. The lowest BCUT2D eigenvalue weighted by Crippen LogP contribution is -2.32. The molecular weight excluding hydrogens is 382 g/mol. The summed E-state index contributed by atoms with van der Waals surface area (Å²) >= 11 is 0. The summed E-state index contributed by atoms with van der Waals surface area (Å²) in [5.74, 6) is -0.496. The van der Waals surface area contributed by atoms with E-state index in [1.807, 2.05) is 49.4 Å². The van der Waals surface area contributed by atoms with Crippen LogP contribution in [0.4, 0.5) is 5.69 Å². The number of amides is 1. The molecule has 0 aliphatic carbocycles. The lowest BCUT2D eigenvalue weighted by atomic mass is 10.1. The summed E-state index contributed by atoms with van der Waals surface area (Å²) in [6, 6.07) is 17.4. The zero-order valence-electron chi connectivity index (χ0n) is 17.5. The highest BCUT2D eigenvalue weighted by atomic mass is 16.6. The summed E-state index contributed by atoms with van der Waals surface area (Å²) in [5.41, 5.74) is 4.30. The Hall–Kier alpha value is -3.61. The molecule has 156 valence electrons. The first kappa shape index (κ1) is 21.1. The Kier molecular flexibility index (Phi) is 6.51. The predicted octanol–water partition coefficient (Wildman–Crippen LogP) is 3.65. The lowest BCUT2D eigenvalue weighted by molar-refractivity contribution is -0.155. The van der Waals surface area contributed by atoms with Crippen LogP contribution in [-0.2, 0) is 21.4 Å². The van der Waals surface area contributed by atoms with Crippen molar-refractivity contribution in [1.29, 1.82) is 0 Å². The third-order valence-corrected chi connectivity index (χ3v) is 4.75. The van der Waals surface area contributed by atoms with E-state index in [4.69, 9.17) is 9.47 Å². The van der Waals surface area contributed by atoms with Crippen molar-refractivity contribution in [2.45, 2.75) is 26.9 Å². The van der Waals surface area contributed by atoms with Gasteiger partial charge in [0, 0.05) is 7.05 Å². The van der Waals surface area contributed by atoms with Gasteiger partial charge in [-0.2, -0.15) is 5.10 Å². The van der Waals surface area contributed by atoms with Crippen molar-refractivity contribution in [3.05, 3.63) is 66.0 Å². The van der Waals surface area contributed by atoms with Crippen LogP contribution in [0.3, 0.4) is 0 Å². The number of hydrogen-bond acceptors (Lipinski definition) is 5.